The summed E-state index contributed by atoms with van der Waals surface area (Å²) in [6.45, 7) is 12.5. The SMILES string of the molecule is C[Si](C)(C)CCOCn1cc(-c2ccc(-n3cnc4ccc(N5CC(C(=O)N6CCOCC6)C5)cc43)cc2)cn1. The molecule has 2 aromatic heterocycles. The predicted octanol–water partition coefficient (Wildman–Crippen LogP) is 4.50. The zero-order valence-corrected chi connectivity index (χ0v) is 24.6. The third kappa shape index (κ3) is 5.84. The van der Waals surface area contributed by atoms with Crippen molar-refractivity contribution in [3.05, 3.63) is 61.2 Å². The second-order valence-corrected chi connectivity index (χ2v) is 17.6. The van der Waals surface area contributed by atoms with Crippen LogP contribution in [-0.4, -0.2) is 84.2 Å². The maximum Gasteiger partial charge on any atom is 0.229 e. The molecule has 2 aliphatic heterocycles. The first kappa shape index (κ1) is 26.7. The van der Waals surface area contributed by atoms with Gasteiger partial charge in [-0.25, -0.2) is 9.67 Å². The Morgan fingerprint density at radius 2 is 1.77 bits per heavy atom. The lowest BCUT2D eigenvalue weighted by Gasteiger charge is -2.42. The molecule has 0 spiro atoms. The molecule has 9 nitrogen and oxygen atoms in total. The molecule has 2 aliphatic rings. The average molecular weight is 559 g/mol. The fourth-order valence-electron chi connectivity index (χ4n) is 5.22. The van der Waals surface area contributed by atoms with Crippen molar-refractivity contribution < 1.29 is 14.3 Å². The van der Waals surface area contributed by atoms with Crippen LogP contribution in [-0.2, 0) is 21.0 Å². The number of nitrogens with zero attached hydrogens (tertiary/aromatic N) is 6. The van der Waals surface area contributed by atoms with Gasteiger partial charge in [-0.2, -0.15) is 5.10 Å². The number of benzene rings is 2. The van der Waals surface area contributed by atoms with Crippen molar-refractivity contribution in [3.63, 3.8) is 0 Å². The second kappa shape index (κ2) is 11.2. The molecule has 2 saturated heterocycles. The van der Waals surface area contributed by atoms with E-state index in [-0.39, 0.29) is 11.8 Å². The summed E-state index contributed by atoms with van der Waals surface area (Å²) in [6.07, 6.45) is 5.80. The van der Waals surface area contributed by atoms with E-state index in [1.165, 1.54) is 0 Å². The summed E-state index contributed by atoms with van der Waals surface area (Å²) in [7, 11) is -1.09. The first-order valence-electron chi connectivity index (χ1n) is 14.1. The van der Waals surface area contributed by atoms with Gasteiger partial charge in [0.2, 0.25) is 5.91 Å². The zero-order valence-electron chi connectivity index (χ0n) is 23.6. The third-order valence-corrected chi connectivity index (χ3v) is 9.49. The highest BCUT2D eigenvalue weighted by Gasteiger charge is 2.36. The Hall–Kier alpha value is -3.47. The molecule has 4 aromatic rings. The van der Waals surface area contributed by atoms with Gasteiger partial charge in [0.15, 0.2) is 0 Å². The van der Waals surface area contributed by atoms with E-state index >= 15 is 0 Å². The Morgan fingerprint density at radius 3 is 2.52 bits per heavy atom. The smallest absolute Gasteiger partial charge is 0.229 e. The summed E-state index contributed by atoms with van der Waals surface area (Å²) >= 11 is 0. The molecule has 0 saturated carbocycles. The van der Waals surface area contributed by atoms with Crippen molar-refractivity contribution in [2.75, 3.05) is 50.9 Å². The van der Waals surface area contributed by atoms with Crippen LogP contribution >= 0.6 is 0 Å². The van der Waals surface area contributed by atoms with Gasteiger partial charge >= 0.3 is 0 Å². The third-order valence-electron chi connectivity index (χ3n) is 7.78. The number of amides is 1. The van der Waals surface area contributed by atoms with Gasteiger partial charge < -0.3 is 19.3 Å². The van der Waals surface area contributed by atoms with Crippen LogP contribution in [0.15, 0.2) is 61.2 Å². The van der Waals surface area contributed by atoms with E-state index in [0.717, 1.165) is 59.3 Å². The molecule has 0 unspecified atom stereocenters. The van der Waals surface area contributed by atoms with Gasteiger partial charge in [-0.1, -0.05) is 31.8 Å². The van der Waals surface area contributed by atoms with Gasteiger partial charge in [-0.05, 0) is 41.9 Å². The molecule has 2 aromatic carbocycles. The van der Waals surface area contributed by atoms with Crippen LogP contribution in [0.25, 0.3) is 27.8 Å². The molecule has 0 atom stereocenters. The van der Waals surface area contributed by atoms with E-state index in [2.05, 4.69) is 81.7 Å². The van der Waals surface area contributed by atoms with Crippen LogP contribution < -0.4 is 4.90 Å². The van der Waals surface area contributed by atoms with Gasteiger partial charge in [0.05, 0.1) is 36.4 Å². The lowest BCUT2D eigenvalue weighted by Crippen LogP contribution is -2.56. The Morgan fingerprint density at radius 1 is 1.02 bits per heavy atom. The number of aromatic nitrogens is 4. The molecule has 2 fully saturated rings. The normalized spacial score (nSPS) is 16.5. The number of fused-ring (bicyclic) bond motifs is 1. The zero-order chi connectivity index (χ0) is 27.7. The van der Waals surface area contributed by atoms with E-state index in [0.29, 0.717) is 33.0 Å². The van der Waals surface area contributed by atoms with Crippen molar-refractivity contribution >= 4 is 30.7 Å². The van der Waals surface area contributed by atoms with Crippen molar-refractivity contribution in [1.29, 1.82) is 0 Å². The number of hydrogen-bond acceptors (Lipinski definition) is 6. The van der Waals surface area contributed by atoms with Crippen LogP contribution in [0.5, 0.6) is 0 Å². The van der Waals surface area contributed by atoms with Crippen LogP contribution in [0.3, 0.4) is 0 Å². The molecule has 10 heteroatoms. The first-order valence-corrected chi connectivity index (χ1v) is 17.8. The Bertz CT molecular complexity index is 1460. The number of ether oxygens (including phenoxy) is 2. The fourth-order valence-corrected chi connectivity index (χ4v) is 5.98. The standard InChI is InChI=1S/C30H38N6O3Si/c1-40(2,3)15-14-39-22-35-20-24(17-32-35)23-4-6-26(7-5-23)36-21-31-28-9-8-27(16-29(28)36)34-18-25(19-34)30(37)33-10-12-38-13-11-33/h4-9,16-17,20-21,25H,10-15,18-19,22H2,1-3H3. The number of anilines is 1. The average Bonchev–Trinajstić information content (AvgIpc) is 3.58. The van der Waals surface area contributed by atoms with E-state index in [4.69, 9.17) is 9.47 Å². The van der Waals surface area contributed by atoms with Gasteiger partial charge in [-0.3, -0.25) is 9.36 Å². The molecule has 210 valence electrons. The van der Waals surface area contributed by atoms with Crippen LogP contribution in [0.4, 0.5) is 5.69 Å². The molecule has 0 aliphatic carbocycles. The summed E-state index contributed by atoms with van der Waals surface area (Å²) in [6, 6.07) is 16.0. The minimum absolute atomic E-state index is 0.0623. The number of rotatable bonds is 9. The Kier molecular flexibility index (Phi) is 7.48. The largest absolute Gasteiger partial charge is 0.378 e. The van der Waals surface area contributed by atoms with Crippen LogP contribution in [0.1, 0.15) is 0 Å². The van der Waals surface area contributed by atoms with Crippen molar-refractivity contribution in [1.82, 2.24) is 24.2 Å². The number of hydrogen-bond donors (Lipinski definition) is 0. The van der Waals surface area contributed by atoms with Crippen LogP contribution in [0, 0.1) is 5.92 Å². The molecule has 0 N–H and O–H groups in total. The minimum Gasteiger partial charge on any atom is -0.378 e. The monoisotopic (exact) mass is 558 g/mol. The fraction of sp³-hybridized carbons (Fsp3) is 0.433. The number of carbonyl (C=O) groups is 1. The molecule has 1 amide bonds. The Labute approximate surface area is 236 Å². The second-order valence-electron chi connectivity index (χ2n) is 12.0. The van der Waals surface area contributed by atoms with E-state index in [9.17, 15) is 4.79 Å². The highest BCUT2D eigenvalue weighted by Crippen LogP contribution is 2.30. The van der Waals surface area contributed by atoms with Gasteiger partial charge in [0.25, 0.3) is 0 Å². The summed E-state index contributed by atoms with van der Waals surface area (Å²) in [4.78, 5) is 21.7. The van der Waals surface area contributed by atoms with E-state index < -0.39 is 8.07 Å². The molecular formula is C30H38N6O3Si. The molecule has 0 radical (unpaired) electrons. The summed E-state index contributed by atoms with van der Waals surface area (Å²) < 4.78 is 15.2. The van der Waals surface area contributed by atoms with E-state index in [1.54, 1.807) is 0 Å². The van der Waals surface area contributed by atoms with Crippen LogP contribution in [0.2, 0.25) is 25.7 Å². The quantitative estimate of drug-likeness (QED) is 0.222. The van der Waals surface area contributed by atoms with Crippen molar-refractivity contribution in [3.8, 4) is 16.8 Å². The predicted molar refractivity (Wildman–Crippen MR) is 159 cm³/mol. The van der Waals surface area contributed by atoms with Gasteiger partial charge in [0.1, 0.15) is 13.1 Å². The molecule has 6 rings (SSSR count). The molecule has 0 bridgehead atoms. The highest BCUT2D eigenvalue weighted by atomic mass is 28.3. The minimum atomic E-state index is -1.09. The number of morpholine rings is 1. The molecular weight excluding hydrogens is 520 g/mol. The maximum absolute atomic E-state index is 12.8. The summed E-state index contributed by atoms with van der Waals surface area (Å²) in [5.74, 6) is 0.318. The van der Waals surface area contributed by atoms with Gasteiger partial charge in [-0.15, -0.1) is 0 Å². The van der Waals surface area contributed by atoms with Crippen molar-refractivity contribution in [2.45, 2.75) is 32.4 Å². The molecule has 40 heavy (non-hydrogen) atoms. The number of carbonyl (C=O) groups excluding carboxylic acids is 1. The maximum atomic E-state index is 12.8. The van der Waals surface area contributed by atoms with Crippen molar-refractivity contribution in [2.24, 2.45) is 5.92 Å². The van der Waals surface area contributed by atoms with Gasteiger partial charge in [0, 0.05) is 64.0 Å². The number of imidazole rings is 1. The summed E-state index contributed by atoms with van der Waals surface area (Å²) in [5.41, 5.74) is 6.35. The topological polar surface area (TPSA) is 77.7 Å². The van der Waals surface area contributed by atoms with E-state index in [1.807, 2.05) is 28.3 Å². The lowest BCUT2D eigenvalue weighted by atomic mass is 9.97. The molecule has 4 heterocycles. The lowest BCUT2D eigenvalue weighted by molar-refractivity contribution is -0.140. The highest BCUT2D eigenvalue weighted by molar-refractivity contribution is 6.76. The summed E-state index contributed by atoms with van der Waals surface area (Å²) in [5, 5.41) is 4.48. The Balaban J connectivity index is 1.10. The first-order chi connectivity index (χ1) is 19.3.